The van der Waals surface area contributed by atoms with Gasteiger partial charge in [-0.1, -0.05) is 6.92 Å². The normalized spacial score (nSPS) is 9.44. The zero-order valence-corrected chi connectivity index (χ0v) is 6.07. The Morgan fingerprint density at radius 2 is 2.56 bits per heavy atom. The average Bonchev–Trinajstić information content (AvgIpc) is 2.33. The second-order valence-corrected chi connectivity index (χ2v) is 2.77. The van der Waals surface area contributed by atoms with Crippen LogP contribution < -0.4 is 0 Å². The van der Waals surface area contributed by atoms with Crippen molar-refractivity contribution < 1.29 is 4.79 Å². The maximum absolute atomic E-state index is 10.3. The van der Waals surface area contributed by atoms with E-state index in [2.05, 4.69) is 6.92 Å². The molecule has 0 unspecified atom stereocenters. The van der Waals surface area contributed by atoms with Gasteiger partial charge in [0.2, 0.25) is 0 Å². The van der Waals surface area contributed by atoms with E-state index in [4.69, 9.17) is 0 Å². The minimum absolute atomic E-state index is 0.850. The zero-order chi connectivity index (χ0) is 6.69. The molecule has 0 fully saturated rings. The van der Waals surface area contributed by atoms with Gasteiger partial charge in [0.15, 0.2) is 6.29 Å². The van der Waals surface area contributed by atoms with Crippen molar-refractivity contribution in [1.82, 2.24) is 0 Å². The van der Waals surface area contributed by atoms with Crippen LogP contribution in [0, 0.1) is 0 Å². The van der Waals surface area contributed by atoms with Gasteiger partial charge in [-0.15, -0.1) is 11.3 Å². The largest absolute Gasteiger partial charge is 0.298 e. The van der Waals surface area contributed by atoms with Gasteiger partial charge in [0.05, 0.1) is 0 Å². The van der Waals surface area contributed by atoms with Crippen LogP contribution in [0.25, 0.3) is 0 Å². The molecule has 0 spiro atoms. The van der Waals surface area contributed by atoms with E-state index in [-0.39, 0.29) is 0 Å². The molecular formula is C7H8OS. The summed E-state index contributed by atoms with van der Waals surface area (Å²) in [6.45, 7) is 2.05. The molecule has 2 heteroatoms. The lowest BCUT2D eigenvalue weighted by atomic mass is 10.2. The van der Waals surface area contributed by atoms with Crippen LogP contribution in [0.1, 0.15) is 22.2 Å². The standard InChI is InChI=1S/C7H8OS/c1-2-7-6(5-8)3-4-9-7/h3-5H,2H2,1H3. The first-order chi connectivity index (χ1) is 4.38. The molecule has 1 rings (SSSR count). The van der Waals surface area contributed by atoms with E-state index in [9.17, 15) is 4.79 Å². The van der Waals surface area contributed by atoms with Crippen LogP contribution in [0.2, 0.25) is 0 Å². The Bertz CT molecular complexity index is 202. The topological polar surface area (TPSA) is 17.1 Å². The Labute approximate surface area is 58.3 Å². The Balaban J connectivity index is 2.98. The molecule has 0 aliphatic heterocycles. The Morgan fingerprint density at radius 3 is 3.00 bits per heavy atom. The molecule has 1 heterocycles. The fourth-order valence-electron chi connectivity index (χ4n) is 0.743. The highest BCUT2D eigenvalue weighted by molar-refractivity contribution is 7.10. The van der Waals surface area contributed by atoms with E-state index in [1.54, 1.807) is 11.3 Å². The highest BCUT2D eigenvalue weighted by atomic mass is 32.1. The zero-order valence-electron chi connectivity index (χ0n) is 5.26. The molecule has 9 heavy (non-hydrogen) atoms. The van der Waals surface area contributed by atoms with E-state index < -0.39 is 0 Å². The third kappa shape index (κ3) is 1.19. The molecule has 0 bridgehead atoms. The van der Waals surface area contributed by atoms with Crippen LogP contribution in [0.4, 0.5) is 0 Å². The fourth-order valence-corrected chi connectivity index (χ4v) is 1.54. The summed E-state index contributed by atoms with van der Waals surface area (Å²) in [7, 11) is 0. The molecular weight excluding hydrogens is 132 g/mol. The van der Waals surface area contributed by atoms with Crippen LogP contribution >= 0.6 is 11.3 Å². The van der Waals surface area contributed by atoms with Crippen LogP contribution in [0.3, 0.4) is 0 Å². The molecule has 1 aromatic heterocycles. The van der Waals surface area contributed by atoms with Gasteiger partial charge in [-0.25, -0.2) is 0 Å². The molecule has 1 nitrogen and oxygen atoms in total. The van der Waals surface area contributed by atoms with Crippen LogP contribution in [-0.4, -0.2) is 6.29 Å². The molecule has 48 valence electrons. The molecule has 0 saturated carbocycles. The van der Waals surface area contributed by atoms with Crippen molar-refractivity contribution in [3.05, 3.63) is 21.9 Å². The molecule has 0 amide bonds. The monoisotopic (exact) mass is 140 g/mol. The Hall–Kier alpha value is -0.630. The Kier molecular flexibility index (Phi) is 2.01. The van der Waals surface area contributed by atoms with Gasteiger partial charge < -0.3 is 0 Å². The number of hydrogen-bond donors (Lipinski definition) is 0. The molecule has 0 radical (unpaired) electrons. The predicted octanol–water partition coefficient (Wildman–Crippen LogP) is 2.12. The first-order valence-electron chi connectivity index (χ1n) is 2.90. The lowest BCUT2D eigenvalue weighted by Crippen LogP contribution is -1.80. The van der Waals surface area contributed by atoms with E-state index in [1.165, 1.54) is 4.88 Å². The van der Waals surface area contributed by atoms with Crippen LogP contribution in [0.5, 0.6) is 0 Å². The highest BCUT2D eigenvalue weighted by Gasteiger charge is 1.97. The molecule has 0 aromatic carbocycles. The summed E-state index contributed by atoms with van der Waals surface area (Å²) in [6.07, 6.45) is 1.88. The molecule has 1 aromatic rings. The summed E-state index contributed by atoms with van der Waals surface area (Å²) in [6, 6.07) is 1.86. The van der Waals surface area contributed by atoms with Crippen LogP contribution in [0.15, 0.2) is 11.4 Å². The summed E-state index contributed by atoms with van der Waals surface area (Å²) in [5.74, 6) is 0. The SMILES string of the molecule is CCc1sccc1C=O. The minimum Gasteiger partial charge on any atom is -0.298 e. The molecule has 0 N–H and O–H groups in total. The highest BCUT2D eigenvalue weighted by Crippen LogP contribution is 2.14. The smallest absolute Gasteiger partial charge is 0.151 e. The van der Waals surface area contributed by atoms with Crippen molar-refractivity contribution in [2.75, 3.05) is 0 Å². The number of thiophene rings is 1. The number of hydrogen-bond acceptors (Lipinski definition) is 2. The summed E-state index contributed by atoms with van der Waals surface area (Å²) in [4.78, 5) is 11.4. The molecule has 0 atom stereocenters. The van der Waals surface area contributed by atoms with Crippen molar-refractivity contribution in [2.24, 2.45) is 0 Å². The molecule has 0 aliphatic carbocycles. The number of carbonyl (C=O) groups is 1. The number of aryl methyl sites for hydroxylation is 1. The average molecular weight is 140 g/mol. The third-order valence-corrected chi connectivity index (χ3v) is 2.31. The first-order valence-corrected chi connectivity index (χ1v) is 3.78. The van der Waals surface area contributed by atoms with Gasteiger partial charge in [0.25, 0.3) is 0 Å². The lowest BCUT2D eigenvalue weighted by molar-refractivity contribution is 0.112. The summed E-state index contributed by atoms with van der Waals surface area (Å²) in [5.41, 5.74) is 0.850. The summed E-state index contributed by atoms with van der Waals surface area (Å²) < 4.78 is 0. The van der Waals surface area contributed by atoms with Crippen molar-refractivity contribution in [3.63, 3.8) is 0 Å². The van der Waals surface area contributed by atoms with Crippen molar-refractivity contribution in [2.45, 2.75) is 13.3 Å². The molecule has 0 saturated heterocycles. The second-order valence-electron chi connectivity index (χ2n) is 1.77. The third-order valence-electron chi connectivity index (χ3n) is 1.23. The number of carbonyl (C=O) groups excluding carboxylic acids is 1. The van der Waals surface area contributed by atoms with Crippen molar-refractivity contribution in [3.8, 4) is 0 Å². The summed E-state index contributed by atoms with van der Waals surface area (Å²) >= 11 is 1.64. The quantitative estimate of drug-likeness (QED) is 0.575. The predicted molar refractivity (Wildman–Crippen MR) is 39.1 cm³/mol. The van der Waals surface area contributed by atoms with Gasteiger partial charge in [0.1, 0.15) is 0 Å². The number of rotatable bonds is 2. The van der Waals surface area contributed by atoms with Gasteiger partial charge in [0, 0.05) is 10.4 Å². The minimum atomic E-state index is 0.850. The number of aldehydes is 1. The lowest BCUT2D eigenvalue weighted by Gasteiger charge is -1.86. The second kappa shape index (κ2) is 2.78. The van der Waals surface area contributed by atoms with E-state index in [0.717, 1.165) is 18.3 Å². The van der Waals surface area contributed by atoms with Crippen LogP contribution in [-0.2, 0) is 6.42 Å². The van der Waals surface area contributed by atoms with Gasteiger partial charge in [-0.2, -0.15) is 0 Å². The maximum atomic E-state index is 10.3. The molecule has 0 aliphatic rings. The van der Waals surface area contributed by atoms with Crippen molar-refractivity contribution in [1.29, 1.82) is 0 Å². The van der Waals surface area contributed by atoms with Gasteiger partial charge in [-0.05, 0) is 17.9 Å². The van der Waals surface area contributed by atoms with Gasteiger partial charge >= 0.3 is 0 Å². The fraction of sp³-hybridized carbons (Fsp3) is 0.286. The summed E-state index contributed by atoms with van der Waals surface area (Å²) in [5, 5.41) is 1.95. The van der Waals surface area contributed by atoms with E-state index in [1.807, 2.05) is 11.4 Å². The first kappa shape index (κ1) is 6.49. The van der Waals surface area contributed by atoms with Gasteiger partial charge in [-0.3, -0.25) is 4.79 Å². The Morgan fingerprint density at radius 1 is 1.78 bits per heavy atom. The van der Waals surface area contributed by atoms with E-state index in [0.29, 0.717) is 0 Å². The maximum Gasteiger partial charge on any atom is 0.151 e. The van der Waals surface area contributed by atoms with Crippen molar-refractivity contribution >= 4 is 17.6 Å². The van der Waals surface area contributed by atoms with E-state index >= 15 is 0 Å².